The molecule has 1 aromatic rings. The van der Waals surface area contributed by atoms with Gasteiger partial charge in [0.25, 0.3) is 0 Å². The Balaban J connectivity index is 0.000000200. The molecule has 0 aromatic heterocycles. The van der Waals surface area contributed by atoms with E-state index in [9.17, 15) is 14.7 Å². The lowest BCUT2D eigenvalue weighted by Crippen LogP contribution is -2.76. The molecule has 5 rings (SSSR count). The summed E-state index contributed by atoms with van der Waals surface area (Å²) in [5.74, 6) is 0.804. The van der Waals surface area contributed by atoms with Gasteiger partial charge in [-0.1, -0.05) is 76.5 Å². The first-order valence-electron chi connectivity index (χ1n) is 17.0. The maximum Gasteiger partial charge on any atom is 0.303 e. The molecule has 1 spiro atoms. The van der Waals surface area contributed by atoms with Gasteiger partial charge >= 0.3 is 5.97 Å². The number of hydrogen-bond donors (Lipinski definition) is 2. The lowest BCUT2D eigenvalue weighted by atomic mass is 9.49. The number of carboxylic acid groups (broad SMARTS) is 1. The molecule has 2 aliphatic carbocycles. The molecule has 0 unspecified atom stereocenters. The molecule has 4 aliphatic rings. The number of piperidine rings is 1. The zero-order chi connectivity index (χ0) is 30.9. The van der Waals surface area contributed by atoms with Crippen LogP contribution in [0.4, 0.5) is 0 Å². The summed E-state index contributed by atoms with van der Waals surface area (Å²) in [5.41, 5.74) is 0.737. The van der Waals surface area contributed by atoms with Crippen molar-refractivity contribution in [1.29, 1.82) is 0 Å². The van der Waals surface area contributed by atoms with Gasteiger partial charge in [-0.3, -0.25) is 9.59 Å². The number of allylic oxidation sites excluding steroid dienone is 2. The number of methoxy groups -OCH3 is 1. The van der Waals surface area contributed by atoms with E-state index in [0.717, 1.165) is 37.8 Å². The van der Waals surface area contributed by atoms with Gasteiger partial charge in [-0.2, -0.15) is 0 Å². The van der Waals surface area contributed by atoms with Gasteiger partial charge in [-0.15, -0.1) is 0 Å². The van der Waals surface area contributed by atoms with Crippen LogP contribution in [0, 0.1) is 0 Å². The third-order valence-corrected chi connectivity index (χ3v) is 10.4. The number of nitrogens with zero attached hydrogens (tertiary/aromatic N) is 1. The number of likely N-dealkylation sites (N-methyl/N-ethyl adjacent to an activating group) is 1. The van der Waals surface area contributed by atoms with Gasteiger partial charge < -0.3 is 24.6 Å². The Morgan fingerprint density at radius 3 is 2.33 bits per heavy atom. The normalized spacial score (nSPS) is 26.9. The van der Waals surface area contributed by atoms with Gasteiger partial charge in [0, 0.05) is 24.4 Å². The molecular formula is C36H55NO6. The standard InChI is InChI=1S/C18H21NO4.C18H34O2/c1-19-8-7-17-14-10-3-4-12(22-2)15(14)23-16(17)11(20)5-6-18(17,21)13(19)9-10;1-2-3-4-5-6-7-8-9-10-11-12-13-14-15-16-17-18(19)20/h3-4,13,16,21H,5-9H2,1-2H3;9-10H,2-8,11-17H2,1H3,(H,19,20)/t13-,16+,17+,18-;/m1./s1. The molecule has 2 bridgehead atoms. The minimum absolute atomic E-state index is 0.0438. The van der Waals surface area contributed by atoms with Crippen LogP contribution in [-0.2, 0) is 21.4 Å². The number of unbranched alkanes of at least 4 members (excludes halogenated alkanes) is 11. The highest BCUT2D eigenvalue weighted by molar-refractivity contribution is 5.90. The Labute approximate surface area is 259 Å². The summed E-state index contributed by atoms with van der Waals surface area (Å²) < 4.78 is 11.6. The van der Waals surface area contributed by atoms with Crippen LogP contribution in [0.25, 0.3) is 0 Å². The van der Waals surface area contributed by atoms with Crippen molar-refractivity contribution >= 4 is 11.8 Å². The van der Waals surface area contributed by atoms with Crippen molar-refractivity contribution in [3.05, 3.63) is 35.4 Å². The molecule has 2 heterocycles. The quantitative estimate of drug-likeness (QED) is 0.154. The second-order valence-corrected chi connectivity index (χ2v) is 13.2. The minimum atomic E-state index is -0.900. The summed E-state index contributed by atoms with van der Waals surface area (Å²) >= 11 is 0. The number of ether oxygens (including phenoxy) is 2. The van der Waals surface area contributed by atoms with Crippen molar-refractivity contribution in [3.8, 4) is 11.5 Å². The average Bonchev–Trinajstić information content (AvgIpc) is 3.35. The van der Waals surface area contributed by atoms with Gasteiger partial charge in [-0.25, -0.2) is 0 Å². The second kappa shape index (κ2) is 15.6. The molecule has 240 valence electrons. The zero-order valence-electron chi connectivity index (χ0n) is 26.9. The number of likely N-dealkylation sites (tertiary alicyclic amines) is 1. The smallest absolute Gasteiger partial charge is 0.303 e. The third kappa shape index (κ3) is 7.14. The largest absolute Gasteiger partial charge is 0.493 e. The first-order valence-corrected chi connectivity index (χ1v) is 17.0. The molecule has 1 saturated carbocycles. The number of carboxylic acids is 1. The SMILES string of the molecule is CCCCCCCCC=CCCCCCCCC(=O)O.COc1ccc2c3c1O[C@H]1C(=O)CC[C@@]4(O)[C@@H](C2)N(C)CC[C@]314. The van der Waals surface area contributed by atoms with Crippen LogP contribution in [-0.4, -0.2) is 65.3 Å². The lowest BCUT2D eigenvalue weighted by molar-refractivity contribution is -0.185. The van der Waals surface area contributed by atoms with Crippen LogP contribution in [0.3, 0.4) is 0 Å². The van der Waals surface area contributed by atoms with E-state index < -0.39 is 23.1 Å². The van der Waals surface area contributed by atoms with Crippen molar-refractivity contribution in [3.63, 3.8) is 0 Å². The molecular weight excluding hydrogens is 542 g/mol. The first kappa shape index (κ1) is 33.5. The summed E-state index contributed by atoms with van der Waals surface area (Å²) in [6.45, 7) is 3.13. The Kier molecular flexibility index (Phi) is 12.1. The van der Waals surface area contributed by atoms with Crippen molar-refractivity contribution < 1.29 is 29.3 Å². The highest BCUT2D eigenvalue weighted by Gasteiger charge is 2.72. The van der Waals surface area contributed by atoms with Crippen LogP contribution < -0.4 is 9.47 Å². The molecule has 1 saturated heterocycles. The van der Waals surface area contributed by atoms with Crippen LogP contribution in [0.2, 0.25) is 0 Å². The van der Waals surface area contributed by atoms with E-state index in [-0.39, 0.29) is 11.8 Å². The van der Waals surface area contributed by atoms with Crippen molar-refractivity contribution in [2.45, 2.75) is 146 Å². The highest BCUT2D eigenvalue weighted by Crippen LogP contribution is 2.64. The van der Waals surface area contributed by atoms with Crippen molar-refractivity contribution in [2.24, 2.45) is 0 Å². The van der Waals surface area contributed by atoms with Gasteiger partial charge in [0.1, 0.15) is 0 Å². The fourth-order valence-electron chi connectivity index (χ4n) is 8.03. The predicted octanol–water partition coefficient (Wildman–Crippen LogP) is 7.16. The number of aliphatic hydroxyl groups is 1. The van der Waals surface area contributed by atoms with Crippen LogP contribution in [0.5, 0.6) is 11.5 Å². The Morgan fingerprint density at radius 1 is 1.02 bits per heavy atom. The molecule has 2 aliphatic heterocycles. The van der Waals surface area contributed by atoms with E-state index in [2.05, 4.69) is 37.1 Å². The molecule has 2 fully saturated rings. The molecule has 7 heteroatoms. The summed E-state index contributed by atoms with van der Waals surface area (Å²) in [4.78, 5) is 25.2. The average molecular weight is 598 g/mol. The maximum atomic E-state index is 12.7. The van der Waals surface area contributed by atoms with Gasteiger partial charge in [0.2, 0.25) is 0 Å². The van der Waals surface area contributed by atoms with Gasteiger partial charge in [-0.05, 0) is 76.6 Å². The predicted molar refractivity (Wildman–Crippen MR) is 170 cm³/mol. The molecule has 2 N–H and O–H groups in total. The van der Waals surface area contributed by atoms with E-state index in [1.807, 2.05) is 6.07 Å². The van der Waals surface area contributed by atoms with Crippen LogP contribution in [0.15, 0.2) is 24.3 Å². The molecule has 4 atom stereocenters. The first-order chi connectivity index (χ1) is 20.8. The number of hydrogen-bond acceptors (Lipinski definition) is 6. The second-order valence-electron chi connectivity index (χ2n) is 13.2. The molecule has 7 nitrogen and oxygen atoms in total. The fourth-order valence-corrected chi connectivity index (χ4v) is 8.03. The minimum Gasteiger partial charge on any atom is -0.493 e. The number of carbonyl (C=O) groups excluding carboxylic acids is 1. The van der Waals surface area contributed by atoms with Crippen LogP contribution in [0.1, 0.15) is 127 Å². The van der Waals surface area contributed by atoms with E-state index in [0.29, 0.717) is 30.8 Å². The zero-order valence-corrected chi connectivity index (χ0v) is 26.9. The maximum absolute atomic E-state index is 12.7. The molecule has 0 radical (unpaired) electrons. The number of benzene rings is 1. The summed E-state index contributed by atoms with van der Waals surface area (Å²) in [5, 5.41) is 20.3. The molecule has 0 amide bonds. The van der Waals surface area contributed by atoms with E-state index >= 15 is 0 Å². The van der Waals surface area contributed by atoms with Crippen molar-refractivity contribution in [2.75, 3.05) is 20.7 Å². The third-order valence-electron chi connectivity index (χ3n) is 10.4. The van der Waals surface area contributed by atoms with E-state index in [1.165, 1.54) is 76.2 Å². The molecule has 1 aromatic carbocycles. The lowest BCUT2D eigenvalue weighted by Gasteiger charge is -2.62. The highest BCUT2D eigenvalue weighted by atomic mass is 16.5. The summed E-state index contributed by atoms with van der Waals surface area (Å²) in [7, 11) is 3.70. The monoisotopic (exact) mass is 597 g/mol. The number of aliphatic carboxylic acids is 1. The summed E-state index contributed by atoms with van der Waals surface area (Å²) in [6, 6.07) is 4.05. The number of Topliss-reactive ketones (excluding diaryl/α,β-unsaturated/α-hetero) is 1. The Bertz CT molecular complexity index is 1120. The van der Waals surface area contributed by atoms with E-state index in [4.69, 9.17) is 14.6 Å². The topological polar surface area (TPSA) is 96.3 Å². The van der Waals surface area contributed by atoms with Gasteiger partial charge in [0.15, 0.2) is 23.4 Å². The Hall–Kier alpha value is -2.38. The number of rotatable bonds is 16. The molecule has 43 heavy (non-hydrogen) atoms. The van der Waals surface area contributed by atoms with Gasteiger partial charge in [0.05, 0.1) is 18.1 Å². The Morgan fingerprint density at radius 2 is 1.67 bits per heavy atom. The van der Waals surface area contributed by atoms with Crippen molar-refractivity contribution in [1.82, 2.24) is 4.90 Å². The van der Waals surface area contributed by atoms with E-state index in [1.54, 1.807) is 7.11 Å². The number of ketones is 1. The number of carbonyl (C=O) groups is 2. The fraction of sp³-hybridized carbons (Fsp3) is 0.722. The summed E-state index contributed by atoms with van der Waals surface area (Å²) in [6.07, 6.45) is 23.1. The van der Waals surface area contributed by atoms with Crippen LogP contribution >= 0.6 is 0 Å².